The van der Waals surface area contributed by atoms with Gasteiger partial charge in [-0.25, -0.2) is 0 Å². The van der Waals surface area contributed by atoms with E-state index in [2.05, 4.69) is 0 Å². The predicted molar refractivity (Wildman–Crippen MR) is 73.3 cm³/mol. The van der Waals surface area contributed by atoms with Crippen LogP contribution in [-0.2, 0) is 9.53 Å². The highest BCUT2D eigenvalue weighted by Gasteiger charge is 2.17. The molecule has 0 spiro atoms. The van der Waals surface area contributed by atoms with Crippen LogP contribution < -0.4 is 4.74 Å². The Morgan fingerprint density at radius 1 is 1.37 bits per heavy atom. The molecule has 0 amide bonds. The summed E-state index contributed by atoms with van der Waals surface area (Å²) in [5.41, 5.74) is -0.452. The van der Waals surface area contributed by atoms with Gasteiger partial charge in [0.05, 0.1) is 6.10 Å². The average Bonchev–Trinajstić information content (AvgIpc) is 2.24. The summed E-state index contributed by atoms with van der Waals surface area (Å²) in [6.07, 6.45) is 0.774. The second kappa shape index (κ2) is 6.45. The molecule has 19 heavy (non-hydrogen) atoms. The van der Waals surface area contributed by atoms with Crippen molar-refractivity contribution in [1.82, 2.24) is 0 Å². The van der Waals surface area contributed by atoms with Crippen molar-refractivity contribution in [2.75, 3.05) is 0 Å². The van der Waals surface area contributed by atoms with E-state index < -0.39 is 5.60 Å². The van der Waals surface area contributed by atoms with E-state index in [0.717, 1.165) is 0 Å². The number of carbonyl (C=O) groups excluding carboxylic acids is 1. The number of esters is 1. The number of aromatic hydroxyl groups is 1. The summed E-state index contributed by atoms with van der Waals surface area (Å²) in [4.78, 5) is 11.6. The molecule has 1 aromatic rings. The van der Waals surface area contributed by atoms with Crippen LogP contribution in [0.3, 0.4) is 0 Å². The Kier molecular flexibility index (Phi) is 5.21. The summed E-state index contributed by atoms with van der Waals surface area (Å²) in [5.74, 6) is 0.535. The molecule has 1 aromatic carbocycles. The molecule has 4 heteroatoms. The van der Waals surface area contributed by atoms with Crippen LogP contribution in [0.4, 0.5) is 0 Å². The van der Waals surface area contributed by atoms with Crippen LogP contribution in [0.25, 0.3) is 0 Å². The Morgan fingerprint density at radius 2 is 2.05 bits per heavy atom. The third kappa shape index (κ3) is 6.70. The number of hydrogen-bond acceptors (Lipinski definition) is 4. The van der Waals surface area contributed by atoms with Crippen LogP contribution >= 0.6 is 0 Å². The van der Waals surface area contributed by atoms with Crippen molar-refractivity contribution in [1.29, 1.82) is 0 Å². The van der Waals surface area contributed by atoms with Crippen molar-refractivity contribution in [2.24, 2.45) is 0 Å². The second-order valence-corrected chi connectivity index (χ2v) is 5.55. The Labute approximate surface area is 114 Å². The minimum atomic E-state index is -0.452. The number of phenols is 1. The SMILES string of the molecule is C[C@H](CCC(=O)OC(C)(C)C)Oc1cccc(O)c1. The lowest BCUT2D eigenvalue weighted by Crippen LogP contribution is -2.25. The van der Waals surface area contributed by atoms with Crippen LogP contribution in [-0.4, -0.2) is 22.8 Å². The minimum absolute atomic E-state index is 0.116. The third-order valence-corrected chi connectivity index (χ3v) is 2.33. The van der Waals surface area contributed by atoms with Crippen molar-refractivity contribution in [3.05, 3.63) is 24.3 Å². The molecule has 0 aromatic heterocycles. The van der Waals surface area contributed by atoms with E-state index in [9.17, 15) is 9.90 Å². The third-order valence-electron chi connectivity index (χ3n) is 2.33. The van der Waals surface area contributed by atoms with E-state index in [0.29, 0.717) is 18.6 Å². The van der Waals surface area contributed by atoms with Gasteiger partial charge in [0.25, 0.3) is 0 Å². The molecular formula is C15H22O4. The summed E-state index contributed by atoms with van der Waals surface area (Å²) in [7, 11) is 0. The zero-order chi connectivity index (χ0) is 14.5. The monoisotopic (exact) mass is 266 g/mol. The highest BCUT2D eigenvalue weighted by Crippen LogP contribution is 2.20. The highest BCUT2D eigenvalue weighted by atomic mass is 16.6. The van der Waals surface area contributed by atoms with Gasteiger partial charge >= 0.3 is 5.97 Å². The lowest BCUT2D eigenvalue weighted by molar-refractivity contribution is -0.155. The summed E-state index contributed by atoms with van der Waals surface area (Å²) in [6, 6.07) is 6.61. The Hall–Kier alpha value is -1.71. The number of rotatable bonds is 5. The van der Waals surface area contributed by atoms with Gasteiger partial charge < -0.3 is 14.6 Å². The average molecular weight is 266 g/mol. The predicted octanol–water partition coefficient (Wildman–Crippen LogP) is 3.28. The first-order valence-electron chi connectivity index (χ1n) is 6.44. The van der Waals surface area contributed by atoms with Crippen LogP contribution in [0.2, 0.25) is 0 Å². The van der Waals surface area contributed by atoms with Gasteiger partial charge in [-0.05, 0) is 46.2 Å². The summed E-state index contributed by atoms with van der Waals surface area (Å²) in [5, 5.41) is 9.32. The molecule has 0 fully saturated rings. The fourth-order valence-electron chi connectivity index (χ4n) is 1.56. The van der Waals surface area contributed by atoms with Gasteiger partial charge in [0.1, 0.15) is 17.1 Å². The smallest absolute Gasteiger partial charge is 0.306 e. The lowest BCUT2D eigenvalue weighted by Gasteiger charge is -2.20. The van der Waals surface area contributed by atoms with Gasteiger partial charge in [-0.2, -0.15) is 0 Å². The second-order valence-electron chi connectivity index (χ2n) is 5.55. The van der Waals surface area contributed by atoms with Gasteiger partial charge in [-0.3, -0.25) is 4.79 Å². The Bertz CT molecular complexity index is 420. The first kappa shape index (κ1) is 15.3. The maximum Gasteiger partial charge on any atom is 0.306 e. The quantitative estimate of drug-likeness (QED) is 0.831. The van der Waals surface area contributed by atoms with Crippen molar-refractivity contribution in [3.63, 3.8) is 0 Å². The van der Waals surface area contributed by atoms with Crippen molar-refractivity contribution in [2.45, 2.75) is 52.2 Å². The molecule has 0 radical (unpaired) electrons. The minimum Gasteiger partial charge on any atom is -0.508 e. The summed E-state index contributed by atoms with van der Waals surface area (Å²) < 4.78 is 10.8. The molecule has 0 saturated heterocycles. The van der Waals surface area contributed by atoms with E-state index >= 15 is 0 Å². The van der Waals surface area contributed by atoms with E-state index in [-0.39, 0.29) is 17.8 Å². The van der Waals surface area contributed by atoms with E-state index in [1.807, 2.05) is 27.7 Å². The van der Waals surface area contributed by atoms with Crippen LogP contribution in [0.5, 0.6) is 11.5 Å². The highest BCUT2D eigenvalue weighted by molar-refractivity contribution is 5.69. The number of carbonyl (C=O) groups is 1. The molecule has 0 heterocycles. The summed E-state index contributed by atoms with van der Waals surface area (Å²) in [6.45, 7) is 7.42. The maximum absolute atomic E-state index is 11.6. The molecule has 106 valence electrons. The van der Waals surface area contributed by atoms with Crippen molar-refractivity contribution >= 4 is 5.97 Å². The topological polar surface area (TPSA) is 55.8 Å². The zero-order valence-electron chi connectivity index (χ0n) is 12.0. The van der Waals surface area contributed by atoms with E-state index in [1.54, 1.807) is 24.3 Å². The van der Waals surface area contributed by atoms with Gasteiger partial charge in [0.2, 0.25) is 0 Å². The molecule has 0 bridgehead atoms. The van der Waals surface area contributed by atoms with Crippen LogP contribution in [0.15, 0.2) is 24.3 Å². The molecule has 0 saturated carbocycles. The normalized spacial score (nSPS) is 12.8. The largest absolute Gasteiger partial charge is 0.508 e. The van der Waals surface area contributed by atoms with Gasteiger partial charge in [-0.15, -0.1) is 0 Å². The van der Waals surface area contributed by atoms with Crippen molar-refractivity contribution in [3.8, 4) is 11.5 Å². The maximum atomic E-state index is 11.6. The molecule has 4 nitrogen and oxygen atoms in total. The molecule has 1 atom stereocenters. The number of phenolic OH excluding ortho intramolecular Hbond substituents is 1. The number of ether oxygens (including phenoxy) is 2. The zero-order valence-corrected chi connectivity index (χ0v) is 12.0. The number of benzene rings is 1. The Morgan fingerprint density at radius 3 is 2.63 bits per heavy atom. The molecule has 0 aliphatic heterocycles. The molecule has 0 unspecified atom stereocenters. The standard InChI is InChI=1S/C15H22O4/c1-11(8-9-14(17)19-15(2,3)4)18-13-7-5-6-12(16)10-13/h5-7,10-11,16H,8-9H2,1-4H3/t11-/m1/s1. The molecule has 0 aliphatic carbocycles. The van der Waals surface area contributed by atoms with Gasteiger partial charge in [-0.1, -0.05) is 6.07 Å². The molecule has 1 rings (SSSR count). The van der Waals surface area contributed by atoms with Crippen LogP contribution in [0.1, 0.15) is 40.5 Å². The molecular weight excluding hydrogens is 244 g/mol. The summed E-state index contributed by atoms with van der Waals surface area (Å²) >= 11 is 0. The van der Waals surface area contributed by atoms with Crippen LogP contribution in [0, 0.1) is 0 Å². The van der Waals surface area contributed by atoms with E-state index in [1.165, 1.54) is 0 Å². The fourth-order valence-corrected chi connectivity index (χ4v) is 1.56. The number of hydrogen-bond donors (Lipinski definition) is 1. The van der Waals surface area contributed by atoms with Gasteiger partial charge in [0.15, 0.2) is 0 Å². The Balaban J connectivity index is 2.36. The fraction of sp³-hybridized carbons (Fsp3) is 0.533. The molecule has 1 N–H and O–H groups in total. The van der Waals surface area contributed by atoms with Crippen molar-refractivity contribution < 1.29 is 19.4 Å². The van der Waals surface area contributed by atoms with E-state index in [4.69, 9.17) is 9.47 Å². The lowest BCUT2D eigenvalue weighted by atomic mass is 10.2. The first-order valence-corrected chi connectivity index (χ1v) is 6.44. The first-order chi connectivity index (χ1) is 8.76. The molecule has 0 aliphatic rings. The van der Waals surface area contributed by atoms with Gasteiger partial charge in [0, 0.05) is 12.5 Å².